The zero-order valence-electron chi connectivity index (χ0n) is 32.7. The Morgan fingerprint density at radius 2 is 1.74 bits per heavy atom. The smallest absolute Gasteiger partial charge is 0.417 e. The number of imide groups is 1. The van der Waals surface area contributed by atoms with Crippen molar-refractivity contribution in [1.29, 1.82) is 5.26 Å². The molecule has 3 aromatic carbocycles. The van der Waals surface area contributed by atoms with Crippen molar-refractivity contribution in [2.75, 3.05) is 59.8 Å². The molecule has 3 heterocycles. The molecule has 2 unspecified atom stereocenters. The fourth-order valence-corrected chi connectivity index (χ4v) is 8.21. The van der Waals surface area contributed by atoms with Crippen molar-refractivity contribution in [3.63, 3.8) is 0 Å². The molecule has 13 nitrogen and oxygen atoms in total. The summed E-state index contributed by atoms with van der Waals surface area (Å²) in [6.07, 6.45) is -3.50. The molecule has 308 valence electrons. The van der Waals surface area contributed by atoms with E-state index in [0.29, 0.717) is 61.9 Å². The summed E-state index contributed by atoms with van der Waals surface area (Å²) in [6.45, 7) is 11.2. The number of hydrogen-bond acceptors (Lipinski definition) is 11. The average Bonchev–Trinajstić information content (AvgIpc) is 3.37. The Balaban J connectivity index is 1.01. The number of benzene rings is 3. The third-order valence-electron chi connectivity index (χ3n) is 10.9. The molecule has 4 amide bonds. The Hall–Kier alpha value is -5.31. The Labute approximate surface area is 340 Å². The molecule has 0 bridgehead atoms. The number of aryl methyl sites for hydroxylation is 1. The number of amides is 4. The molecule has 0 aliphatic carbocycles. The third kappa shape index (κ3) is 9.04. The minimum atomic E-state index is -4.78. The van der Waals surface area contributed by atoms with Crippen LogP contribution in [-0.4, -0.2) is 95.9 Å². The summed E-state index contributed by atoms with van der Waals surface area (Å²) in [4.78, 5) is 57.9. The van der Waals surface area contributed by atoms with Gasteiger partial charge in [0.1, 0.15) is 23.9 Å². The maximum atomic E-state index is 13.8. The molecule has 6 rings (SSSR count). The Morgan fingerprint density at radius 1 is 1.03 bits per heavy atom. The highest BCUT2D eigenvalue weighted by Gasteiger charge is 2.52. The summed E-state index contributed by atoms with van der Waals surface area (Å²) in [5.41, 5.74) is -0.940. The number of ether oxygens (including phenoxy) is 1. The fourth-order valence-electron chi connectivity index (χ4n) is 7.55. The summed E-state index contributed by atoms with van der Waals surface area (Å²) >= 11 is 4.72. The monoisotopic (exact) mass is 820 g/mol. The standard InChI is InChI=1S/C41H47F3N8O5S/c1-5-26-21-31(52-39(58)51(38(56)40(52,3)4)30-10-9-27(24-45)32(23-30)41(42,43)44)11-13-34(26)57-20-19-49-15-17-50(18-16-49)25(2)36(54)47-29-8-6-7-28(22-29)46-33-12-14-35(53)48-37(33)55/h6-11,13,21-23,25,33,39,46,58H,5,12,14-20H2,1-4H3,(H,47,54)(H,48,53,55)/t25-,33?,39?/m0/s1. The van der Waals surface area contributed by atoms with E-state index in [4.69, 9.17) is 17.4 Å². The van der Waals surface area contributed by atoms with Crippen LogP contribution >= 0.6 is 12.6 Å². The van der Waals surface area contributed by atoms with Gasteiger partial charge in [0.05, 0.1) is 23.2 Å². The second-order valence-electron chi connectivity index (χ2n) is 15.1. The van der Waals surface area contributed by atoms with Crippen molar-refractivity contribution in [1.82, 2.24) is 15.1 Å². The molecule has 3 saturated heterocycles. The van der Waals surface area contributed by atoms with Crippen LogP contribution in [0.2, 0.25) is 0 Å². The molecule has 0 radical (unpaired) electrons. The molecule has 3 N–H and O–H groups in total. The van der Waals surface area contributed by atoms with Crippen LogP contribution in [0.1, 0.15) is 57.2 Å². The predicted molar refractivity (Wildman–Crippen MR) is 217 cm³/mol. The van der Waals surface area contributed by atoms with Crippen LogP contribution in [-0.2, 0) is 31.8 Å². The van der Waals surface area contributed by atoms with E-state index < -0.39 is 40.3 Å². The lowest BCUT2D eigenvalue weighted by molar-refractivity contribution is -0.138. The lowest BCUT2D eigenvalue weighted by atomic mass is 10.0. The summed E-state index contributed by atoms with van der Waals surface area (Å²) in [5, 5.41) is 17.7. The van der Waals surface area contributed by atoms with E-state index in [2.05, 4.69) is 25.8 Å². The highest BCUT2D eigenvalue weighted by Crippen LogP contribution is 2.43. The summed E-state index contributed by atoms with van der Waals surface area (Å²) in [5.74, 6) is -0.550. The molecule has 0 saturated carbocycles. The van der Waals surface area contributed by atoms with Crippen LogP contribution in [0.25, 0.3) is 0 Å². The van der Waals surface area contributed by atoms with Crippen molar-refractivity contribution in [3.05, 3.63) is 77.4 Å². The van der Waals surface area contributed by atoms with Crippen LogP contribution in [0.4, 0.5) is 35.9 Å². The van der Waals surface area contributed by atoms with E-state index in [0.717, 1.165) is 30.8 Å². The number of thiol groups is 1. The molecule has 3 atom stereocenters. The van der Waals surface area contributed by atoms with Crippen LogP contribution in [0.3, 0.4) is 0 Å². The number of halogens is 3. The van der Waals surface area contributed by atoms with Gasteiger partial charge >= 0.3 is 6.18 Å². The third-order valence-corrected chi connectivity index (χ3v) is 11.4. The number of rotatable bonds is 12. The Morgan fingerprint density at radius 3 is 2.41 bits per heavy atom. The highest BCUT2D eigenvalue weighted by molar-refractivity contribution is 7.81. The first-order chi connectivity index (χ1) is 27.5. The van der Waals surface area contributed by atoms with E-state index in [-0.39, 0.29) is 35.9 Å². The normalized spacial score (nSPS) is 20.7. The predicted octanol–water partition coefficient (Wildman–Crippen LogP) is 5.23. The lowest BCUT2D eigenvalue weighted by Gasteiger charge is -2.37. The van der Waals surface area contributed by atoms with Gasteiger partial charge in [-0.3, -0.25) is 39.2 Å². The fraction of sp³-hybridized carbons (Fsp3) is 0.439. The van der Waals surface area contributed by atoms with Gasteiger partial charge in [-0.1, -0.05) is 13.0 Å². The zero-order valence-corrected chi connectivity index (χ0v) is 33.6. The number of nitrogens with one attached hydrogen (secondary N) is 3. The van der Waals surface area contributed by atoms with Gasteiger partial charge in [0.2, 0.25) is 17.7 Å². The number of anilines is 4. The highest BCUT2D eigenvalue weighted by atomic mass is 32.1. The van der Waals surface area contributed by atoms with Crippen LogP contribution < -0.4 is 30.5 Å². The van der Waals surface area contributed by atoms with Crippen molar-refractivity contribution in [2.24, 2.45) is 0 Å². The second-order valence-corrected chi connectivity index (χ2v) is 15.5. The van der Waals surface area contributed by atoms with Gasteiger partial charge in [0.25, 0.3) is 5.91 Å². The van der Waals surface area contributed by atoms with Gasteiger partial charge in [-0.15, -0.1) is 12.6 Å². The summed E-state index contributed by atoms with van der Waals surface area (Å²) < 4.78 is 47.6. The quantitative estimate of drug-likeness (QED) is 0.142. The maximum Gasteiger partial charge on any atom is 0.417 e. The average molecular weight is 821 g/mol. The first-order valence-electron chi connectivity index (χ1n) is 19.2. The van der Waals surface area contributed by atoms with Crippen LogP contribution in [0.5, 0.6) is 5.75 Å². The van der Waals surface area contributed by atoms with E-state index in [1.807, 2.05) is 32.0 Å². The van der Waals surface area contributed by atoms with E-state index >= 15 is 0 Å². The van der Waals surface area contributed by atoms with Gasteiger partial charge in [-0.2, -0.15) is 18.4 Å². The van der Waals surface area contributed by atoms with Gasteiger partial charge in [-0.25, -0.2) is 0 Å². The van der Waals surface area contributed by atoms with Gasteiger partial charge in [-0.05, 0) is 93.8 Å². The molecule has 3 aromatic rings. The molecular weight excluding hydrogens is 774 g/mol. The van der Waals surface area contributed by atoms with Gasteiger partial charge in [0.15, 0.2) is 5.50 Å². The van der Waals surface area contributed by atoms with Gasteiger partial charge in [0, 0.05) is 61.9 Å². The minimum absolute atomic E-state index is 0.00927. The van der Waals surface area contributed by atoms with Crippen molar-refractivity contribution >= 4 is 59.0 Å². The molecule has 3 aliphatic heterocycles. The topological polar surface area (TPSA) is 150 Å². The van der Waals surface area contributed by atoms with Crippen molar-refractivity contribution < 1.29 is 37.1 Å². The molecular formula is C41H47F3N8O5S. The first kappa shape index (κ1) is 42.3. The lowest BCUT2D eigenvalue weighted by Crippen LogP contribution is -2.53. The van der Waals surface area contributed by atoms with Crippen LogP contribution in [0.15, 0.2) is 60.7 Å². The number of piperidine rings is 1. The molecule has 58 heavy (non-hydrogen) atoms. The number of piperazine rings is 1. The van der Waals surface area contributed by atoms with Crippen LogP contribution in [0, 0.1) is 11.3 Å². The van der Waals surface area contributed by atoms with E-state index in [1.54, 1.807) is 49.1 Å². The number of nitrogens with zero attached hydrogens (tertiary/aromatic N) is 5. The Bertz CT molecular complexity index is 2100. The number of hydrogen-bond donors (Lipinski definition) is 4. The molecule has 3 aliphatic rings. The van der Waals surface area contributed by atoms with Crippen molar-refractivity contribution in [2.45, 2.75) is 76.3 Å². The maximum absolute atomic E-state index is 13.8. The van der Waals surface area contributed by atoms with Crippen molar-refractivity contribution in [3.8, 4) is 11.8 Å². The molecule has 0 spiro atoms. The molecule has 0 aromatic heterocycles. The largest absolute Gasteiger partial charge is 0.492 e. The minimum Gasteiger partial charge on any atom is -0.492 e. The number of carbonyl (C=O) groups excluding carboxylic acids is 4. The number of alkyl halides is 3. The van der Waals surface area contributed by atoms with E-state index in [1.165, 1.54) is 11.0 Å². The van der Waals surface area contributed by atoms with Gasteiger partial charge < -0.3 is 20.3 Å². The second kappa shape index (κ2) is 17.3. The SMILES string of the molecule is CCc1cc(N2C(S)N(c3ccc(C#N)c(C(F)(F)F)c3)C(=O)C2(C)C)ccc1OCCN1CCN([C@@H](C)C(=O)Nc2cccc(NC3CCC(=O)NC3=O)c2)CC1. The zero-order chi connectivity index (χ0) is 41.9. The number of nitriles is 1. The molecule has 3 fully saturated rings. The Kier molecular flexibility index (Phi) is 12.6. The number of carbonyl (C=O) groups is 4. The molecule has 17 heteroatoms. The van der Waals surface area contributed by atoms with E-state index in [9.17, 15) is 37.6 Å². The first-order valence-corrected chi connectivity index (χ1v) is 19.7. The summed E-state index contributed by atoms with van der Waals surface area (Å²) in [7, 11) is 0. The summed E-state index contributed by atoms with van der Waals surface area (Å²) in [6, 6.07) is 16.6.